The largest absolute Gasteiger partial charge is 0.390 e. The molecule has 0 aliphatic heterocycles. The van der Waals surface area contributed by atoms with Crippen molar-refractivity contribution in [1.29, 1.82) is 0 Å². The van der Waals surface area contributed by atoms with E-state index in [0.29, 0.717) is 10.8 Å². The van der Waals surface area contributed by atoms with Crippen LogP contribution >= 0.6 is 11.3 Å². The molecular formula is C15H15N5O3S. The smallest absolute Gasteiger partial charge is 0.358 e. The second kappa shape index (κ2) is 6.00. The Hall–Kier alpha value is -2.81. The topological polar surface area (TPSA) is 103 Å². The molecule has 2 aromatic heterocycles. The van der Waals surface area contributed by atoms with Gasteiger partial charge in [0, 0.05) is 0 Å². The fourth-order valence-electron chi connectivity index (χ4n) is 2.36. The number of aromatic nitrogens is 3. The van der Waals surface area contributed by atoms with Crippen LogP contribution in [0.5, 0.6) is 0 Å². The maximum Gasteiger partial charge on any atom is 0.390 e. The van der Waals surface area contributed by atoms with Crippen molar-refractivity contribution in [3.63, 3.8) is 0 Å². The second-order valence-electron chi connectivity index (χ2n) is 5.50. The Bertz CT molecular complexity index is 946. The summed E-state index contributed by atoms with van der Waals surface area (Å²) in [5, 5.41) is 17.9. The predicted molar refractivity (Wildman–Crippen MR) is 91.3 cm³/mol. The summed E-state index contributed by atoms with van der Waals surface area (Å²) in [5.41, 5.74) is 2.49. The van der Waals surface area contributed by atoms with Crippen molar-refractivity contribution in [2.75, 3.05) is 5.32 Å². The first-order valence-electron chi connectivity index (χ1n) is 7.24. The summed E-state index contributed by atoms with van der Waals surface area (Å²) in [5.74, 6) is -0.602. The minimum atomic E-state index is -0.688. The van der Waals surface area contributed by atoms with Crippen LogP contribution < -0.4 is 5.32 Å². The van der Waals surface area contributed by atoms with Crippen LogP contribution in [0.2, 0.25) is 0 Å². The molecule has 124 valence electrons. The Labute approximate surface area is 141 Å². The first-order valence-corrected chi connectivity index (χ1v) is 8.05. The van der Waals surface area contributed by atoms with Crippen molar-refractivity contribution >= 4 is 38.4 Å². The number of nitro groups is 1. The quantitative estimate of drug-likeness (QED) is 0.577. The van der Waals surface area contributed by atoms with E-state index in [2.05, 4.69) is 15.4 Å². The van der Waals surface area contributed by atoms with E-state index in [1.807, 2.05) is 25.1 Å². The second-order valence-corrected chi connectivity index (χ2v) is 6.53. The molecule has 0 saturated carbocycles. The fraction of sp³-hybridized carbons (Fsp3) is 0.267. The zero-order valence-corrected chi connectivity index (χ0v) is 14.1. The Morgan fingerprint density at radius 1 is 1.38 bits per heavy atom. The lowest BCUT2D eigenvalue weighted by Gasteiger charge is -2.09. The number of anilines is 1. The number of nitrogens with one attached hydrogen (secondary N) is 1. The summed E-state index contributed by atoms with van der Waals surface area (Å²) >= 11 is 1.39. The molecule has 0 aliphatic carbocycles. The van der Waals surface area contributed by atoms with Gasteiger partial charge in [0.05, 0.1) is 27.1 Å². The van der Waals surface area contributed by atoms with Gasteiger partial charge in [-0.2, -0.15) is 4.68 Å². The molecule has 0 fully saturated rings. The standard InChI is InChI=1S/C15H15N5O3S/c1-8-4-5-11-12(6-8)24-15(16-11)17-14(21)10(3)19-9(2)7-13(18-19)20(22)23/h4-7,10H,1-3H3,(H,16,17,21). The van der Waals surface area contributed by atoms with Gasteiger partial charge in [-0.05, 0) is 43.4 Å². The summed E-state index contributed by atoms with van der Waals surface area (Å²) in [6.45, 7) is 5.30. The Balaban J connectivity index is 1.81. The molecule has 0 saturated heterocycles. The number of thiazole rings is 1. The molecule has 1 atom stereocenters. The third kappa shape index (κ3) is 2.98. The van der Waals surface area contributed by atoms with Gasteiger partial charge in [0.25, 0.3) is 5.91 Å². The van der Waals surface area contributed by atoms with Crippen LogP contribution in [-0.4, -0.2) is 25.6 Å². The third-order valence-corrected chi connectivity index (χ3v) is 4.55. The summed E-state index contributed by atoms with van der Waals surface area (Å²) < 4.78 is 2.33. The number of carbonyl (C=O) groups excluding carboxylic acids is 1. The van der Waals surface area contributed by atoms with E-state index in [9.17, 15) is 14.9 Å². The maximum absolute atomic E-state index is 12.4. The molecule has 0 bridgehead atoms. The normalized spacial score (nSPS) is 12.3. The highest BCUT2D eigenvalue weighted by Crippen LogP contribution is 2.27. The molecule has 24 heavy (non-hydrogen) atoms. The Morgan fingerprint density at radius 2 is 2.12 bits per heavy atom. The highest BCUT2D eigenvalue weighted by atomic mass is 32.1. The summed E-state index contributed by atoms with van der Waals surface area (Å²) in [7, 11) is 0. The van der Waals surface area contributed by atoms with Gasteiger partial charge in [-0.15, -0.1) is 0 Å². The van der Waals surface area contributed by atoms with E-state index in [0.717, 1.165) is 15.8 Å². The highest BCUT2D eigenvalue weighted by Gasteiger charge is 2.25. The minimum Gasteiger partial charge on any atom is -0.358 e. The van der Waals surface area contributed by atoms with Crippen LogP contribution in [0.15, 0.2) is 24.3 Å². The van der Waals surface area contributed by atoms with Crippen molar-refractivity contribution in [2.24, 2.45) is 0 Å². The molecule has 0 radical (unpaired) electrons. The zero-order chi connectivity index (χ0) is 17.4. The number of amides is 1. The van der Waals surface area contributed by atoms with E-state index in [1.54, 1.807) is 13.8 Å². The number of fused-ring (bicyclic) bond motifs is 1. The molecule has 8 nitrogen and oxygen atoms in total. The van der Waals surface area contributed by atoms with E-state index in [-0.39, 0.29) is 11.7 Å². The van der Waals surface area contributed by atoms with Gasteiger partial charge in [0.2, 0.25) is 0 Å². The number of hydrogen-bond donors (Lipinski definition) is 1. The van der Waals surface area contributed by atoms with Crippen LogP contribution in [-0.2, 0) is 4.79 Å². The van der Waals surface area contributed by atoms with Gasteiger partial charge in [-0.25, -0.2) is 4.98 Å². The van der Waals surface area contributed by atoms with Gasteiger partial charge in [0.1, 0.15) is 6.04 Å². The minimum absolute atomic E-state index is 0.275. The van der Waals surface area contributed by atoms with Crippen LogP contribution in [0.25, 0.3) is 10.2 Å². The molecule has 1 N–H and O–H groups in total. The average Bonchev–Trinajstić information content (AvgIpc) is 3.09. The highest BCUT2D eigenvalue weighted by molar-refractivity contribution is 7.22. The molecule has 1 aromatic carbocycles. The summed E-state index contributed by atoms with van der Waals surface area (Å²) in [6.07, 6.45) is 0. The van der Waals surface area contributed by atoms with Gasteiger partial charge in [0.15, 0.2) is 5.13 Å². The molecule has 9 heteroatoms. The van der Waals surface area contributed by atoms with Crippen molar-refractivity contribution < 1.29 is 9.72 Å². The van der Waals surface area contributed by atoms with Crippen LogP contribution in [0, 0.1) is 24.0 Å². The van der Waals surface area contributed by atoms with E-state index < -0.39 is 11.0 Å². The first-order chi connectivity index (χ1) is 11.3. The van der Waals surface area contributed by atoms with Crippen LogP contribution in [0.4, 0.5) is 10.9 Å². The molecule has 1 unspecified atom stereocenters. The van der Waals surface area contributed by atoms with Gasteiger partial charge in [-0.3, -0.25) is 4.79 Å². The lowest BCUT2D eigenvalue weighted by molar-refractivity contribution is -0.389. The van der Waals surface area contributed by atoms with E-state index >= 15 is 0 Å². The van der Waals surface area contributed by atoms with Crippen LogP contribution in [0.3, 0.4) is 0 Å². The molecular weight excluding hydrogens is 330 g/mol. The molecule has 0 aliphatic rings. The number of nitrogens with zero attached hydrogens (tertiary/aromatic N) is 4. The number of rotatable bonds is 4. The number of aryl methyl sites for hydroxylation is 2. The van der Waals surface area contributed by atoms with Crippen LogP contribution in [0.1, 0.15) is 24.2 Å². The molecule has 0 spiro atoms. The molecule has 2 heterocycles. The lowest BCUT2D eigenvalue weighted by atomic mass is 10.2. The number of benzene rings is 1. The molecule has 3 aromatic rings. The van der Waals surface area contributed by atoms with Gasteiger partial charge in [-0.1, -0.05) is 17.4 Å². The van der Waals surface area contributed by atoms with Crippen molar-refractivity contribution in [2.45, 2.75) is 26.8 Å². The first kappa shape index (κ1) is 16.1. The molecule has 3 rings (SSSR count). The van der Waals surface area contributed by atoms with Crippen molar-refractivity contribution in [3.05, 3.63) is 45.6 Å². The SMILES string of the molecule is Cc1ccc2nc(NC(=O)C(C)n3nc([N+](=O)[O-])cc3C)sc2c1. The average molecular weight is 345 g/mol. The van der Waals surface area contributed by atoms with Crippen molar-refractivity contribution in [1.82, 2.24) is 14.8 Å². The van der Waals surface area contributed by atoms with Gasteiger partial charge >= 0.3 is 5.82 Å². The number of carbonyl (C=O) groups is 1. The number of hydrogen-bond acceptors (Lipinski definition) is 6. The van der Waals surface area contributed by atoms with Crippen molar-refractivity contribution in [3.8, 4) is 0 Å². The summed E-state index contributed by atoms with van der Waals surface area (Å²) in [6, 6.07) is 6.52. The third-order valence-electron chi connectivity index (χ3n) is 3.62. The Morgan fingerprint density at radius 3 is 2.79 bits per heavy atom. The maximum atomic E-state index is 12.4. The lowest BCUT2D eigenvalue weighted by Crippen LogP contribution is -2.25. The fourth-order valence-corrected chi connectivity index (χ4v) is 3.33. The monoisotopic (exact) mass is 345 g/mol. The summed E-state index contributed by atoms with van der Waals surface area (Å²) in [4.78, 5) is 27.0. The Kier molecular flexibility index (Phi) is 4.02. The van der Waals surface area contributed by atoms with E-state index in [4.69, 9.17) is 0 Å². The molecule has 1 amide bonds. The zero-order valence-electron chi connectivity index (χ0n) is 13.3. The van der Waals surface area contributed by atoms with E-state index in [1.165, 1.54) is 22.1 Å². The van der Waals surface area contributed by atoms with Gasteiger partial charge < -0.3 is 15.4 Å². The predicted octanol–water partition coefficient (Wildman–Crippen LogP) is 3.22.